The van der Waals surface area contributed by atoms with Crippen molar-refractivity contribution >= 4 is 41.0 Å². The lowest BCUT2D eigenvalue weighted by atomic mass is 10.1. The molecule has 2 amide bonds. The predicted molar refractivity (Wildman–Crippen MR) is 177 cm³/mol. The third-order valence-corrected chi connectivity index (χ3v) is 7.62. The van der Waals surface area contributed by atoms with E-state index >= 15 is 0 Å². The molecule has 0 radical (unpaired) electrons. The van der Waals surface area contributed by atoms with Crippen LogP contribution in [-0.2, 0) is 34.0 Å². The summed E-state index contributed by atoms with van der Waals surface area (Å²) in [6.07, 6.45) is -8.78. The van der Waals surface area contributed by atoms with E-state index in [2.05, 4.69) is 62.1 Å². The van der Waals surface area contributed by atoms with Gasteiger partial charge < -0.3 is 20.0 Å². The van der Waals surface area contributed by atoms with Crippen molar-refractivity contribution in [2.45, 2.75) is 51.5 Å². The fourth-order valence-corrected chi connectivity index (χ4v) is 5.24. The van der Waals surface area contributed by atoms with E-state index in [1.807, 2.05) is 29.2 Å². The molecule has 3 aromatic rings. The van der Waals surface area contributed by atoms with Gasteiger partial charge in [-0.25, -0.2) is 9.59 Å². The number of hydrogen-bond donors (Lipinski definition) is 2. The number of carbonyl (C=O) groups excluding carboxylic acids is 2. The van der Waals surface area contributed by atoms with E-state index in [0.29, 0.717) is 29.8 Å². The molecule has 0 saturated carbocycles. The maximum absolute atomic E-state index is 13.5. The van der Waals surface area contributed by atoms with Crippen molar-refractivity contribution in [1.29, 1.82) is 0 Å². The summed E-state index contributed by atoms with van der Waals surface area (Å²) < 4.78 is 63.5. The van der Waals surface area contributed by atoms with Crippen LogP contribution < -0.4 is 4.90 Å². The average Bonchev–Trinajstić information content (AvgIpc) is 3.17. The van der Waals surface area contributed by atoms with Crippen LogP contribution in [0.25, 0.3) is 0 Å². The number of rotatable bonds is 8. The predicted octanol–water partition coefficient (Wildman–Crippen LogP) is 6.53. The maximum atomic E-state index is 13.5. The smallest absolute Gasteiger partial charge is 0.475 e. The molecular formula is C34H37ClF6N4O6. The minimum atomic E-state index is -5.08. The van der Waals surface area contributed by atoms with E-state index < -0.39 is 24.3 Å². The monoisotopic (exact) mass is 746 g/mol. The molecule has 0 spiro atoms. The molecule has 0 fully saturated rings. The number of benzene rings is 3. The summed E-state index contributed by atoms with van der Waals surface area (Å²) in [5, 5.41) is 14.8. The van der Waals surface area contributed by atoms with E-state index in [0.717, 1.165) is 29.8 Å². The fraction of sp³-hybridized carbons (Fsp3) is 0.353. The van der Waals surface area contributed by atoms with Crippen molar-refractivity contribution < 1.29 is 55.7 Å². The molecule has 0 bridgehead atoms. The molecule has 0 aliphatic carbocycles. The Hall–Kier alpha value is -4.67. The molecule has 1 aliphatic rings. The van der Waals surface area contributed by atoms with E-state index in [9.17, 15) is 35.9 Å². The van der Waals surface area contributed by atoms with Gasteiger partial charge in [0.2, 0.25) is 5.91 Å². The van der Waals surface area contributed by atoms with Gasteiger partial charge in [-0.15, -0.1) is 0 Å². The number of fused-ring (bicyclic) bond motifs is 1. The number of halogens is 7. The second-order valence-electron chi connectivity index (χ2n) is 11.5. The van der Waals surface area contributed by atoms with Gasteiger partial charge in [-0.1, -0.05) is 61.0 Å². The van der Waals surface area contributed by atoms with Gasteiger partial charge >= 0.3 is 24.3 Å². The van der Waals surface area contributed by atoms with Crippen LogP contribution >= 0.6 is 11.6 Å². The minimum absolute atomic E-state index is 0.0135. The number of carboxylic acids is 2. The summed E-state index contributed by atoms with van der Waals surface area (Å²) in [5.74, 6) is -5.80. The van der Waals surface area contributed by atoms with Crippen LogP contribution in [0.2, 0.25) is 5.02 Å². The van der Waals surface area contributed by atoms with Gasteiger partial charge in [0.05, 0.1) is 12.7 Å². The Morgan fingerprint density at radius 1 is 0.824 bits per heavy atom. The van der Waals surface area contributed by atoms with Crippen LogP contribution in [0, 0.1) is 0 Å². The molecule has 2 N–H and O–H groups in total. The number of aliphatic carboxylic acids is 2. The highest BCUT2D eigenvalue weighted by molar-refractivity contribution is 6.30. The van der Waals surface area contributed by atoms with Crippen LogP contribution in [0.15, 0.2) is 72.8 Å². The molecule has 0 saturated heterocycles. The van der Waals surface area contributed by atoms with E-state index in [1.54, 1.807) is 29.2 Å². The zero-order chi connectivity index (χ0) is 38.7. The van der Waals surface area contributed by atoms with E-state index in [4.69, 9.17) is 31.4 Å². The van der Waals surface area contributed by atoms with Crippen LogP contribution in [0.4, 0.5) is 32.0 Å². The summed E-state index contributed by atoms with van der Waals surface area (Å²) >= 11 is 6.00. The number of carbonyl (C=O) groups is 4. The van der Waals surface area contributed by atoms with Crippen molar-refractivity contribution in [2.24, 2.45) is 0 Å². The third kappa shape index (κ3) is 13.2. The summed E-state index contributed by atoms with van der Waals surface area (Å²) in [6, 6.07) is 23.0. The summed E-state index contributed by atoms with van der Waals surface area (Å²) in [5.41, 5.74) is 4.58. The van der Waals surface area contributed by atoms with Gasteiger partial charge in [0.25, 0.3) is 5.91 Å². The quantitative estimate of drug-likeness (QED) is 0.197. The van der Waals surface area contributed by atoms with Gasteiger partial charge in [-0.2, -0.15) is 26.3 Å². The maximum Gasteiger partial charge on any atom is 0.490 e. The Balaban J connectivity index is 0.000000543. The number of para-hydroxylation sites is 1. The van der Waals surface area contributed by atoms with Gasteiger partial charge in [0, 0.05) is 29.4 Å². The molecule has 4 rings (SSSR count). The van der Waals surface area contributed by atoms with Crippen LogP contribution in [-0.4, -0.2) is 94.9 Å². The van der Waals surface area contributed by atoms with Crippen molar-refractivity contribution in [2.75, 3.05) is 32.6 Å². The van der Waals surface area contributed by atoms with E-state index in [-0.39, 0.29) is 18.4 Å². The second-order valence-corrected chi connectivity index (χ2v) is 11.9. The Labute approximate surface area is 295 Å². The van der Waals surface area contributed by atoms with Crippen molar-refractivity contribution in [3.05, 3.63) is 100 Å². The van der Waals surface area contributed by atoms with Crippen molar-refractivity contribution in [1.82, 2.24) is 14.7 Å². The summed E-state index contributed by atoms with van der Waals surface area (Å²) in [6.45, 7) is 3.84. The molecule has 1 unspecified atom stereocenters. The number of carboxylic acid groups (broad SMARTS) is 2. The fourth-order valence-electron chi connectivity index (χ4n) is 5.12. The molecule has 3 aromatic carbocycles. The normalized spacial score (nSPS) is 13.7. The zero-order valence-electron chi connectivity index (χ0n) is 28.0. The Morgan fingerprint density at radius 2 is 1.35 bits per heavy atom. The SMILES string of the molecule is CCC(N(C)C)N(C)Cc1cccc(CN2C(=O)CN(C(=O)c3ccc(Cl)cc3)Cc3ccccc32)c1.O=C(O)C(F)(F)F.O=C(O)C(F)(F)F. The van der Waals surface area contributed by atoms with Gasteiger partial charge in [-0.05, 0) is 74.6 Å². The first-order valence-corrected chi connectivity index (χ1v) is 15.5. The Morgan fingerprint density at radius 3 is 1.86 bits per heavy atom. The Bertz CT molecular complexity index is 1630. The topological polar surface area (TPSA) is 122 Å². The lowest BCUT2D eigenvalue weighted by molar-refractivity contribution is -0.193. The second kappa shape index (κ2) is 18.5. The number of nitrogens with zero attached hydrogens (tertiary/aromatic N) is 4. The highest BCUT2D eigenvalue weighted by atomic mass is 35.5. The molecule has 278 valence electrons. The van der Waals surface area contributed by atoms with Gasteiger partial charge in [-0.3, -0.25) is 19.4 Å². The number of hydrogen-bond acceptors (Lipinski definition) is 6. The highest BCUT2D eigenvalue weighted by Crippen LogP contribution is 2.28. The lowest BCUT2D eigenvalue weighted by Crippen LogP contribution is -2.41. The Kier molecular flexibility index (Phi) is 15.4. The molecule has 1 heterocycles. The zero-order valence-corrected chi connectivity index (χ0v) is 28.8. The van der Waals surface area contributed by atoms with E-state index in [1.165, 1.54) is 5.56 Å². The van der Waals surface area contributed by atoms with Crippen LogP contribution in [0.5, 0.6) is 0 Å². The number of amides is 2. The minimum Gasteiger partial charge on any atom is -0.475 e. The lowest BCUT2D eigenvalue weighted by Gasteiger charge is -2.32. The molecular weight excluding hydrogens is 710 g/mol. The third-order valence-electron chi connectivity index (χ3n) is 7.37. The first-order chi connectivity index (χ1) is 23.6. The molecule has 51 heavy (non-hydrogen) atoms. The largest absolute Gasteiger partial charge is 0.490 e. The standard InChI is InChI=1S/C30H35ClN4O2.2C2HF3O2/c1-5-28(32(2)3)33(4)18-22-9-8-10-23(17-22)19-35-27-12-7-6-11-25(27)20-34(21-29(35)36)30(37)24-13-15-26(31)16-14-24;2*3-2(4,5)1(6)7/h6-17,28H,5,18-21H2,1-4H3;2*(H,6,7). The van der Waals surface area contributed by atoms with Crippen LogP contribution in [0.3, 0.4) is 0 Å². The first kappa shape index (κ1) is 42.5. The van der Waals surface area contributed by atoms with Crippen LogP contribution in [0.1, 0.15) is 40.4 Å². The highest BCUT2D eigenvalue weighted by Gasteiger charge is 2.39. The van der Waals surface area contributed by atoms with Gasteiger partial charge in [0.1, 0.15) is 6.54 Å². The van der Waals surface area contributed by atoms with Gasteiger partial charge in [0.15, 0.2) is 0 Å². The molecule has 17 heteroatoms. The van der Waals surface area contributed by atoms with Crippen molar-refractivity contribution in [3.8, 4) is 0 Å². The molecule has 1 aliphatic heterocycles. The molecule has 0 aromatic heterocycles. The number of alkyl halides is 6. The first-order valence-electron chi connectivity index (χ1n) is 15.1. The summed E-state index contributed by atoms with van der Waals surface area (Å²) in [4.78, 5) is 52.6. The molecule has 10 nitrogen and oxygen atoms in total. The number of anilines is 1. The molecule has 1 atom stereocenters. The average molecular weight is 747 g/mol. The summed E-state index contributed by atoms with van der Waals surface area (Å²) in [7, 11) is 6.34. The van der Waals surface area contributed by atoms with Crippen molar-refractivity contribution in [3.63, 3.8) is 0 Å².